The van der Waals surface area contributed by atoms with Crippen molar-refractivity contribution in [3.63, 3.8) is 0 Å². The molecule has 2 aliphatic heterocycles. The predicted octanol–water partition coefficient (Wildman–Crippen LogP) is 10.2. The van der Waals surface area contributed by atoms with E-state index in [1.165, 1.54) is 45.3 Å². The Morgan fingerprint density at radius 1 is 0.545 bits per heavy atom. The number of likely N-dealkylation sites (N-methyl/N-ethyl adjacent to an activating group) is 2. The molecule has 2 heterocycles. The molecule has 9 heteroatoms. The molecule has 0 bridgehead atoms. The fourth-order valence-corrected chi connectivity index (χ4v) is 7.22. The molecule has 55 heavy (non-hydrogen) atoms. The van der Waals surface area contributed by atoms with Crippen molar-refractivity contribution in [3.8, 4) is 34.5 Å². The number of hydrogen-bond acceptors (Lipinski definition) is 8. The lowest BCUT2D eigenvalue weighted by Crippen LogP contribution is -2.33. The van der Waals surface area contributed by atoms with Crippen molar-refractivity contribution in [2.45, 2.75) is 79.3 Å². The maximum absolute atomic E-state index is 7.00. The van der Waals surface area contributed by atoms with Crippen LogP contribution in [0.25, 0.3) is 0 Å². The zero-order valence-electron chi connectivity index (χ0n) is 35.9. The van der Waals surface area contributed by atoms with Crippen LogP contribution in [0.2, 0.25) is 0 Å². The number of rotatable bonds is 10. The second kappa shape index (κ2) is 23.9. The number of ether oxygens (including phenoxy) is 5. The number of aryl methyl sites for hydroxylation is 2. The Kier molecular flexibility index (Phi) is 20.5. The minimum Gasteiger partial charge on any atom is -0.493 e. The predicted molar refractivity (Wildman–Crippen MR) is 230 cm³/mol. The van der Waals surface area contributed by atoms with Crippen molar-refractivity contribution in [3.05, 3.63) is 105 Å². The first-order valence-corrected chi connectivity index (χ1v) is 20.1. The van der Waals surface area contributed by atoms with Gasteiger partial charge in [0.15, 0.2) is 34.5 Å². The minimum absolute atomic E-state index is 0.185. The van der Waals surface area contributed by atoms with Gasteiger partial charge < -0.3 is 28.8 Å². The molecule has 304 valence electrons. The van der Waals surface area contributed by atoms with Gasteiger partial charge in [-0.25, -0.2) is 0 Å². The summed E-state index contributed by atoms with van der Waals surface area (Å²) in [6.45, 7) is 14.4. The third-order valence-electron chi connectivity index (χ3n) is 10.2. The summed E-state index contributed by atoms with van der Waals surface area (Å²) in [7, 11) is 12.2. The Balaban J connectivity index is 0.00000123. The number of methoxy groups -OCH3 is 4. The molecule has 0 unspecified atom stereocenters. The molecular weight excluding hydrogens is 712 g/mol. The first-order chi connectivity index (χ1) is 26.7. The van der Waals surface area contributed by atoms with Gasteiger partial charge in [-0.3, -0.25) is 9.80 Å². The number of aliphatic hydroxyl groups is 1. The zero-order chi connectivity index (χ0) is 41.2. The lowest BCUT2D eigenvalue weighted by Gasteiger charge is -2.35. The van der Waals surface area contributed by atoms with Crippen LogP contribution in [0.1, 0.15) is 84.3 Å². The summed E-state index contributed by atoms with van der Waals surface area (Å²) < 4.78 is 29.4. The van der Waals surface area contributed by atoms with Gasteiger partial charge in [-0.2, -0.15) is 0 Å². The summed E-state index contributed by atoms with van der Waals surface area (Å²) in [5, 5.41) is 7.00. The minimum atomic E-state index is 0.185. The largest absolute Gasteiger partial charge is 0.493 e. The fourth-order valence-electron chi connectivity index (χ4n) is 7.22. The van der Waals surface area contributed by atoms with Gasteiger partial charge in [-0.05, 0) is 135 Å². The number of halogens is 1. The molecule has 4 aromatic rings. The van der Waals surface area contributed by atoms with Crippen molar-refractivity contribution in [1.29, 1.82) is 0 Å². The van der Waals surface area contributed by atoms with E-state index in [-0.39, 0.29) is 6.04 Å². The molecule has 0 saturated heterocycles. The second-order valence-corrected chi connectivity index (χ2v) is 13.0. The summed E-state index contributed by atoms with van der Waals surface area (Å²) in [4.78, 5) is 4.88. The molecule has 2 atom stereocenters. The van der Waals surface area contributed by atoms with Crippen molar-refractivity contribution in [2.75, 3.05) is 69.1 Å². The lowest BCUT2D eigenvalue weighted by atomic mass is 9.86. The number of hydrogen-bond donors (Lipinski definition) is 1. The molecule has 0 aliphatic carbocycles. The Morgan fingerprint density at radius 3 is 1.45 bits per heavy atom. The monoisotopic (exact) mass is 778 g/mol. The highest BCUT2D eigenvalue weighted by Gasteiger charge is 2.28. The molecule has 0 aromatic heterocycles. The number of fused-ring (bicyclic) bond motifs is 2. The Labute approximate surface area is 337 Å². The van der Waals surface area contributed by atoms with E-state index in [1.807, 2.05) is 39.8 Å². The van der Waals surface area contributed by atoms with Gasteiger partial charge in [0.1, 0.15) is 0 Å². The molecule has 0 fully saturated rings. The van der Waals surface area contributed by atoms with Crippen LogP contribution in [0, 0.1) is 13.8 Å². The Morgan fingerprint density at radius 2 is 0.945 bits per heavy atom. The topological polar surface area (TPSA) is 72.9 Å². The molecule has 8 nitrogen and oxygen atoms in total. The van der Waals surface area contributed by atoms with Gasteiger partial charge in [0, 0.05) is 38.7 Å². The van der Waals surface area contributed by atoms with Gasteiger partial charge in [0.25, 0.3) is 0 Å². The van der Waals surface area contributed by atoms with Crippen LogP contribution in [-0.2, 0) is 25.7 Å². The van der Waals surface area contributed by atoms with Crippen LogP contribution in [0.4, 0.5) is 0 Å². The maximum atomic E-state index is 7.00. The van der Waals surface area contributed by atoms with E-state index in [4.69, 9.17) is 28.8 Å². The van der Waals surface area contributed by atoms with Crippen LogP contribution in [0.15, 0.2) is 60.7 Å². The molecule has 0 amide bonds. The van der Waals surface area contributed by atoms with Crippen molar-refractivity contribution >= 4 is 11.6 Å². The highest BCUT2D eigenvalue weighted by molar-refractivity contribution is 6.15. The summed E-state index contributed by atoms with van der Waals surface area (Å²) in [5.74, 6) is 4.23. The van der Waals surface area contributed by atoms with E-state index in [1.54, 1.807) is 28.4 Å². The summed E-state index contributed by atoms with van der Waals surface area (Å²) in [5.41, 5.74) is 10.6. The normalized spacial score (nSPS) is 15.7. The molecular formula is C46H67ClN2O6. The van der Waals surface area contributed by atoms with E-state index in [0.29, 0.717) is 29.0 Å². The molecule has 0 radical (unpaired) electrons. The van der Waals surface area contributed by atoms with E-state index >= 15 is 0 Å². The van der Waals surface area contributed by atoms with Crippen LogP contribution in [0.5, 0.6) is 34.5 Å². The smallest absolute Gasteiger partial charge is 0.169 e. The highest BCUT2D eigenvalue weighted by Crippen LogP contribution is 2.42. The van der Waals surface area contributed by atoms with Gasteiger partial charge in [-0.15, -0.1) is 11.6 Å². The highest BCUT2D eigenvalue weighted by atomic mass is 35.5. The van der Waals surface area contributed by atoms with E-state index < -0.39 is 0 Å². The average molecular weight is 780 g/mol. The average Bonchev–Trinajstić information content (AvgIpc) is 3.23. The summed E-state index contributed by atoms with van der Waals surface area (Å²) in [6, 6.07) is 22.0. The van der Waals surface area contributed by atoms with Gasteiger partial charge in [-0.1, -0.05) is 52.0 Å². The quantitative estimate of drug-likeness (QED) is 0.160. The summed E-state index contributed by atoms with van der Waals surface area (Å²) in [6.07, 6.45) is 5.24. The van der Waals surface area contributed by atoms with E-state index in [9.17, 15) is 0 Å². The first-order valence-electron chi connectivity index (χ1n) is 19.3. The molecule has 4 aromatic carbocycles. The van der Waals surface area contributed by atoms with Gasteiger partial charge in [0.05, 0.1) is 28.4 Å². The molecule has 0 saturated carbocycles. The van der Waals surface area contributed by atoms with Crippen LogP contribution >= 0.6 is 11.6 Å². The lowest BCUT2D eigenvalue weighted by molar-refractivity contribution is 0.227. The van der Waals surface area contributed by atoms with Crippen molar-refractivity contribution in [1.82, 2.24) is 9.80 Å². The molecule has 0 spiro atoms. The SMILES string of the molecule is CC.CC.CCl.CO.COc1cc2c(cc1OC)[C@@H](Cc1ccc(OC)c(Oc3ccc(C[C@@H]4c5cc(C)c(C)cc5CCN4C)cc3OC)c1)N(C)CC2. The standard InChI is InChI=1S/C40H48N2O5.2C2H6.CH3Cl.CH4O/c1-25-17-29-13-15-41(3)33(31(29)18-26(25)2)19-27-10-12-36(37(21-27)44-6)47-40-22-28(9-11-35(40)43-5)20-34-32-24-39(46-8)38(45-7)23-30(32)14-16-42(34)4;4*1-2/h9-12,17-18,21-24,33-34H,13-16,19-20H2,1-8H3;2*1-2H3;1H3;2H,1H3/t33-,34-;;;;/m1..../s1. The fraction of sp³-hybridized carbons (Fsp3) is 0.478. The van der Waals surface area contributed by atoms with Crippen LogP contribution < -0.4 is 23.7 Å². The molecule has 2 aliphatic rings. The van der Waals surface area contributed by atoms with Crippen molar-refractivity contribution < 1.29 is 28.8 Å². The molecule has 1 N–H and O–H groups in total. The number of benzene rings is 4. The third-order valence-corrected chi connectivity index (χ3v) is 10.2. The van der Waals surface area contributed by atoms with Crippen molar-refractivity contribution in [2.24, 2.45) is 0 Å². The van der Waals surface area contributed by atoms with Crippen LogP contribution in [-0.4, -0.2) is 84.0 Å². The molecule has 6 rings (SSSR count). The first kappa shape index (κ1) is 47.2. The van der Waals surface area contributed by atoms with E-state index in [2.05, 4.69) is 97.9 Å². The number of aliphatic hydroxyl groups excluding tert-OH is 1. The Hall–Kier alpha value is -3.95. The van der Waals surface area contributed by atoms with Crippen LogP contribution in [0.3, 0.4) is 0 Å². The zero-order valence-corrected chi connectivity index (χ0v) is 36.7. The summed E-state index contributed by atoms with van der Waals surface area (Å²) >= 11 is 4.64. The van der Waals surface area contributed by atoms with Gasteiger partial charge in [0.2, 0.25) is 0 Å². The third kappa shape index (κ3) is 11.5. The van der Waals surface area contributed by atoms with Gasteiger partial charge >= 0.3 is 0 Å². The maximum Gasteiger partial charge on any atom is 0.169 e. The van der Waals surface area contributed by atoms with E-state index in [0.717, 1.165) is 62.9 Å². The number of nitrogens with zero attached hydrogens (tertiary/aromatic N) is 2. The number of alkyl halides is 1. The second-order valence-electron chi connectivity index (χ2n) is 13.0. The Bertz CT molecular complexity index is 1760.